The number of rotatable bonds is 10. The minimum Gasteiger partial charge on any atom is -0.544 e. The smallest absolute Gasteiger partial charge is 0.316 e. The van der Waals surface area contributed by atoms with Crippen LogP contribution in [0.4, 0.5) is 0 Å². The SMILES string of the molecule is CC(C)(C)C(=O)Oc1ccc2c(C(=O)c3ccc(OCCN4CCCCC4)cc3)c(-c3ccc(O[Si](C)(C)C(C)(C)C)cc3)sc2c1. The molecule has 4 aromatic rings. The zero-order valence-electron chi connectivity index (χ0n) is 29.2. The number of carbonyl (C=O) groups is 2. The van der Waals surface area contributed by atoms with Gasteiger partial charge in [0.15, 0.2) is 5.78 Å². The summed E-state index contributed by atoms with van der Waals surface area (Å²) >= 11 is 1.53. The highest BCUT2D eigenvalue weighted by atomic mass is 32.1. The first-order valence-corrected chi connectivity index (χ1v) is 20.4. The molecule has 0 spiro atoms. The van der Waals surface area contributed by atoms with Gasteiger partial charge < -0.3 is 13.9 Å². The predicted octanol–water partition coefficient (Wildman–Crippen LogP) is 10.00. The number of ketones is 1. The van der Waals surface area contributed by atoms with Crippen molar-refractivity contribution in [2.24, 2.45) is 5.41 Å². The van der Waals surface area contributed by atoms with Gasteiger partial charge in [-0.1, -0.05) is 27.2 Å². The number of piperidine rings is 1. The fourth-order valence-corrected chi connectivity index (χ4v) is 7.54. The molecule has 0 saturated carbocycles. The second kappa shape index (κ2) is 13.9. The Morgan fingerprint density at radius 1 is 0.809 bits per heavy atom. The molecule has 3 aromatic carbocycles. The second-order valence-electron chi connectivity index (χ2n) is 15.1. The predicted molar refractivity (Wildman–Crippen MR) is 196 cm³/mol. The first kappa shape index (κ1) is 34.9. The van der Waals surface area contributed by atoms with E-state index in [1.165, 1.54) is 30.6 Å². The fraction of sp³-hybridized carbons (Fsp3) is 0.436. The van der Waals surface area contributed by atoms with Crippen LogP contribution in [0.25, 0.3) is 20.5 Å². The van der Waals surface area contributed by atoms with Crippen molar-refractivity contribution < 1.29 is 23.5 Å². The Morgan fingerprint density at radius 2 is 1.43 bits per heavy atom. The molecule has 8 heteroatoms. The maximum Gasteiger partial charge on any atom is 0.316 e. The van der Waals surface area contributed by atoms with Gasteiger partial charge in [-0.15, -0.1) is 11.3 Å². The van der Waals surface area contributed by atoms with E-state index in [1.807, 2.05) is 81.4 Å². The summed E-state index contributed by atoms with van der Waals surface area (Å²) < 4.78 is 19.2. The van der Waals surface area contributed by atoms with Crippen LogP contribution >= 0.6 is 11.3 Å². The molecule has 1 aliphatic rings. The van der Waals surface area contributed by atoms with Crippen molar-refractivity contribution in [3.63, 3.8) is 0 Å². The third-order valence-electron chi connectivity index (χ3n) is 9.25. The lowest BCUT2D eigenvalue weighted by atomic mass is 9.97. The summed E-state index contributed by atoms with van der Waals surface area (Å²) in [6, 6.07) is 21.1. The summed E-state index contributed by atoms with van der Waals surface area (Å²) in [5.41, 5.74) is 1.53. The second-order valence-corrected chi connectivity index (χ2v) is 20.9. The molecule has 47 heavy (non-hydrogen) atoms. The van der Waals surface area contributed by atoms with Crippen LogP contribution in [0.1, 0.15) is 76.7 Å². The summed E-state index contributed by atoms with van der Waals surface area (Å²) in [6.45, 7) is 20.5. The van der Waals surface area contributed by atoms with Crippen LogP contribution in [0, 0.1) is 5.41 Å². The highest BCUT2D eigenvalue weighted by molar-refractivity contribution is 7.22. The standard InChI is InChI=1S/C39H49NO5SSi/c1-38(2,3)37(42)44-31-20-21-32-33(26-31)46-36(28-14-18-30(19-15-28)45-47(7,8)39(4,5)6)34(32)35(41)27-12-16-29(17-13-27)43-25-24-40-22-10-9-11-23-40/h12-21,26H,9-11,22-25H2,1-8H3. The van der Waals surface area contributed by atoms with Crippen molar-refractivity contribution in [3.8, 4) is 27.7 Å². The van der Waals surface area contributed by atoms with E-state index in [0.29, 0.717) is 23.5 Å². The van der Waals surface area contributed by atoms with E-state index in [0.717, 1.165) is 51.7 Å². The van der Waals surface area contributed by atoms with Crippen molar-refractivity contribution in [1.29, 1.82) is 0 Å². The van der Waals surface area contributed by atoms with Crippen molar-refractivity contribution in [2.75, 3.05) is 26.2 Å². The maximum absolute atomic E-state index is 14.3. The zero-order valence-corrected chi connectivity index (χ0v) is 31.0. The van der Waals surface area contributed by atoms with Gasteiger partial charge in [0.05, 0.1) is 5.41 Å². The Labute approximate surface area is 285 Å². The van der Waals surface area contributed by atoms with Crippen molar-refractivity contribution in [1.82, 2.24) is 4.90 Å². The van der Waals surface area contributed by atoms with E-state index in [2.05, 4.69) is 38.8 Å². The van der Waals surface area contributed by atoms with Crippen LogP contribution in [0.2, 0.25) is 18.1 Å². The third-order valence-corrected chi connectivity index (χ3v) is 14.8. The number of hydrogen-bond acceptors (Lipinski definition) is 7. The summed E-state index contributed by atoms with van der Waals surface area (Å²) in [6.07, 6.45) is 3.83. The Morgan fingerprint density at radius 3 is 2.04 bits per heavy atom. The number of thiophene rings is 1. The highest BCUT2D eigenvalue weighted by Crippen LogP contribution is 2.43. The average Bonchev–Trinajstić information content (AvgIpc) is 3.39. The van der Waals surface area contributed by atoms with Crippen LogP contribution in [0.15, 0.2) is 66.7 Å². The van der Waals surface area contributed by atoms with Gasteiger partial charge in [-0.3, -0.25) is 14.5 Å². The van der Waals surface area contributed by atoms with Gasteiger partial charge in [0.1, 0.15) is 23.9 Å². The van der Waals surface area contributed by atoms with Gasteiger partial charge in [-0.2, -0.15) is 0 Å². The fourth-order valence-electron chi connectivity index (χ4n) is 5.27. The zero-order chi connectivity index (χ0) is 34.0. The third kappa shape index (κ3) is 8.34. The van der Waals surface area contributed by atoms with Gasteiger partial charge in [0, 0.05) is 32.6 Å². The lowest BCUT2D eigenvalue weighted by Crippen LogP contribution is -2.43. The number of nitrogens with zero attached hydrogens (tertiary/aromatic N) is 1. The van der Waals surface area contributed by atoms with Crippen LogP contribution in [-0.4, -0.2) is 51.2 Å². The molecular weight excluding hydrogens is 623 g/mol. The van der Waals surface area contributed by atoms with Crippen LogP contribution in [-0.2, 0) is 4.79 Å². The van der Waals surface area contributed by atoms with Gasteiger partial charge in [-0.25, -0.2) is 0 Å². The van der Waals surface area contributed by atoms with E-state index in [9.17, 15) is 9.59 Å². The van der Waals surface area contributed by atoms with Crippen molar-refractivity contribution in [2.45, 2.75) is 78.9 Å². The Bertz CT molecular complexity index is 1710. The number of esters is 1. The van der Waals surface area contributed by atoms with Crippen molar-refractivity contribution in [3.05, 3.63) is 77.9 Å². The van der Waals surface area contributed by atoms with Crippen LogP contribution < -0.4 is 13.9 Å². The molecule has 2 heterocycles. The van der Waals surface area contributed by atoms with E-state index in [1.54, 1.807) is 6.07 Å². The van der Waals surface area contributed by atoms with Crippen LogP contribution in [0.5, 0.6) is 17.2 Å². The summed E-state index contributed by atoms with van der Waals surface area (Å²) in [7, 11) is -2.00. The molecule has 0 amide bonds. The Balaban J connectivity index is 1.44. The molecule has 1 saturated heterocycles. The topological polar surface area (TPSA) is 65.1 Å². The maximum atomic E-state index is 14.3. The molecule has 0 radical (unpaired) electrons. The van der Waals surface area contributed by atoms with Crippen molar-refractivity contribution >= 4 is 41.5 Å². The number of fused-ring (bicyclic) bond motifs is 1. The summed E-state index contributed by atoms with van der Waals surface area (Å²) in [5.74, 6) is 1.69. The van der Waals surface area contributed by atoms with Crippen LogP contribution in [0.3, 0.4) is 0 Å². The molecule has 6 nitrogen and oxygen atoms in total. The monoisotopic (exact) mass is 671 g/mol. The number of ether oxygens (including phenoxy) is 2. The minimum atomic E-state index is -2.00. The normalized spacial score (nSPS) is 14.6. The number of carbonyl (C=O) groups excluding carboxylic acids is 2. The lowest BCUT2D eigenvalue weighted by Gasteiger charge is -2.36. The molecule has 0 atom stereocenters. The highest BCUT2D eigenvalue weighted by Gasteiger charge is 2.39. The molecule has 250 valence electrons. The molecule has 1 aromatic heterocycles. The molecule has 5 rings (SSSR count). The average molecular weight is 672 g/mol. The molecule has 1 fully saturated rings. The molecule has 0 aliphatic carbocycles. The Hall–Kier alpha value is -3.46. The van der Waals surface area contributed by atoms with E-state index in [-0.39, 0.29) is 16.8 Å². The number of benzene rings is 3. The first-order valence-electron chi connectivity index (χ1n) is 16.7. The van der Waals surface area contributed by atoms with Gasteiger partial charge in [-0.05, 0) is 137 Å². The molecule has 0 N–H and O–H groups in total. The summed E-state index contributed by atoms with van der Waals surface area (Å²) in [4.78, 5) is 30.2. The molecule has 0 bridgehead atoms. The molecule has 1 aliphatic heterocycles. The van der Waals surface area contributed by atoms with E-state index in [4.69, 9.17) is 13.9 Å². The lowest BCUT2D eigenvalue weighted by molar-refractivity contribution is -0.142. The van der Waals surface area contributed by atoms with Gasteiger partial charge in [0.2, 0.25) is 8.32 Å². The molecular formula is C39H49NO5SSi. The van der Waals surface area contributed by atoms with E-state index < -0.39 is 13.7 Å². The van der Waals surface area contributed by atoms with Gasteiger partial charge in [0.25, 0.3) is 0 Å². The van der Waals surface area contributed by atoms with Gasteiger partial charge >= 0.3 is 5.97 Å². The largest absolute Gasteiger partial charge is 0.544 e. The number of likely N-dealkylation sites (tertiary alicyclic amines) is 1. The quantitative estimate of drug-likeness (QED) is 0.0724. The van der Waals surface area contributed by atoms with E-state index >= 15 is 0 Å². The molecule has 0 unspecified atom stereocenters. The minimum absolute atomic E-state index is 0.0628. The first-order chi connectivity index (χ1) is 22.1. The Kier molecular flexibility index (Phi) is 10.3. The summed E-state index contributed by atoms with van der Waals surface area (Å²) in [5, 5.41) is 0.910. The number of hydrogen-bond donors (Lipinski definition) is 0.